The Morgan fingerprint density at radius 3 is 2.55 bits per heavy atom. The van der Waals surface area contributed by atoms with Gasteiger partial charge in [-0.1, -0.05) is 41.9 Å². The summed E-state index contributed by atoms with van der Waals surface area (Å²) < 4.78 is 0. The van der Waals surface area contributed by atoms with E-state index in [1.54, 1.807) is 0 Å². The smallest absolute Gasteiger partial charge is 0.0933 e. The highest BCUT2D eigenvalue weighted by Gasteiger charge is 2.08. The van der Waals surface area contributed by atoms with Crippen LogP contribution in [0.25, 0.3) is 10.9 Å². The van der Waals surface area contributed by atoms with E-state index < -0.39 is 0 Å². The molecule has 2 aromatic carbocycles. The lowest BCUT2D eigenvalue weighted by Crippen LogP contribution is -2.07. The molecule has 1 unspecified atom stereocenters. The molecule has 2 nitrogen and oxygen atoms in total. The monoisotopic (exact) mass is 282 g/mol. The van der Waals surface area contributed by atoms with Crippen molar-refractivity contribution >= 4 is 28.2 Å². The van der Waals surface area contributed by atoms with Crippen LogP contribution >= 0.6 is 11.6 Å². The normalized spacial score (nSPS) is 12.3. The van der Waals surface area contributed by atoms with E-state index in [-0.39, 0.29) is 6.04 Å². The summed E-state index contributed by atoms with van der Waals surface area (Å²) in [5, 5.41) is 5.41. The van der Waals surface area contributed by atoms with Crippen molar-refractivity contribution in [2.45, 2.75) is 13.0 Å². The predicted octanol–water partition coefficient (Wildman–Crippen LogP) is 5.06. The molecule has 1 N–H and O–H groups in total. The molecule has 0 aliphatic heterocycles. The lowest BCUT2D eigenvalue weighted by Gasteiger charge is -2.17. The lowest BCUT2D eigenvalue weighted by molar-refractivity contribution is 0.886. The Kier molecular flexibility index (Phi) is 3.57. The van der Waals surface area contributed by atoms with Crippen LogP contribution in [0.2, 0.25) is 5.02 Å². The first kappa shape index (κ1) is 12.9. The molecule has 1 heterocycles. The Bertz CT molecular complexity index is 717. The highest BCUT2D eigenvalue weighted by Crippen LogP contribution is 2.25. The van der Waals surface area contributed by atoms with Crippen LogP contribution in [-0.2, 0) is 0 Å². The second-order valence-corrected chi connectivity index (χ2v) is 5.23. The van der Waals surface area contributed by atoms with Gasteiger partial charge in [0.1, 0.15) is 0 Å². The van der Waals surface area contributed by atoms with Crippen molar-refractivity contribution in [3.05, 3.63) is 71.4 Å². The molecule has 0 amide bonds. The van der Waals surface area contributed by atoms with E-state index in [0.29, 0.717) is 0 Å². The number of fused-ring (bicyclic) bond motifs is 1. The van der Waals surface area contributed by atoms with E-state index in [1.807, 2.05) is 42.6 Å². The zero-order valence-corrected chi connectivity index (χ0v) is 11.9. The van der Waals surface area contributed by atoms with Gasteiger partial charge in [0.05, 0.1) is 11.2 Å². The molecule has 0 saturated heterocycles. The van der Waals surface area contributed by atoms with Gasteiger partial charge < -0.3 is 5.32 Å². The molecular weight excluding hydrogens is 268 g/mol. The Balaban J connectivity index is 1.91. The predicted molar refractivity (Wildman–Crippen MR) is 85.2 cm³/mol. The topological polar surface area (TPSA) is 24.9 Å². The van der Waals surface area contributed by atoms with Crippen molar-refractivity contribution in [2.75, 3.05) is 5.32 Å². The summed E-state index contributed by atoms with van der Waals surface area (Å²) in [6.07, 6.45) is 1.82. The number of nitrogens with one attached hydrogen (secondary N) is 1. The maximum atomic E-state index is 5.92. The van der Waals surface area contributed by atoms with Gasteiger partial charge in [-0.05, 0) is 36.8 Å². The van der Waals surface area contributed by atoms with Gasteiger partial charge in [-0.2, -0.15) is 0 Å². The molecule has 0 fully saturated rings. The number of pyridine rings is 1. The molecular formula is C17H15ClN2. The number of anilines is 1. The summed E-state index contributed by atoms with van der Waals surface area (Å²) in [4.78, 5) is 4.46. The molecule has 0 saturated carbocycles. The van der Waals surface area contributed by atoms with Crippen LogP contribution < -0.4 is 5.32 Å². The van der Waals surface area contributed by atoms with E-state index in [2.05, 4.69) is 35.4 Å². The van der Waals surface area contributed by atoms with E-state index in [9.17, 15) is 0 Å². The minimum atomic E-state index is 0.194. The zero-order chi connectivity index (χ0) is 13.9. The van der Waals surface area contributed by atoms with Crippen molar-refractivity contribution in [3.63, 3.8) is 0 Å². The van der Waals surface area contributed by atoms with Gasteiger partial charge in [0.15, 0.2) is 0 Å². The molecule has 1 atom stereocenters. The van der Waals surface area contributed by atoms with Gasteiger partial charge in [0.25, 0.3) is 0 Å². The Hall–Kier alpha value is -2.06. The number of benzene rings is 2. The first-order chi connectivity index (χ1) is 9.74. The Morgan fingerprint density at radius 2 is 1.75 bits per heavy atom. The number of halogens is 1. The van der Waals surface area contributed by atoms with Crippen molar-refractivity contribution in [1.29, 1.82) is 0 Å². The second kappa shape index (κ2) is 5.51. The SMILES string of the molecule is CC(Nc1cccc2cccnc12)c1ccc(Cl)cc1. The number of hydrogen-bond donors (Lipinski definition) is 1. The van der Waals surface area contributed by atoms with Gasteiger partial charge in [0, 0.05) is 22.6 Å². The molecule has 100 valence electrons. The number of para-hydroxylation sites is 1. The number of aromatic nitrogens is 1. The average Bonchev–Trinajstić information content (AvgIpc) is 2.48. The standard InChI is InChI=1S/C17H15ClN2/c1-12(13-7-9-15(18)10-8-13)20-16-6-2-4-14-5-3-11-19-17(14)16/h2-12,20H,1H3. The fraction of sp³-hybridized carbons (Fsp3) is 0.118. The molecule has 0 spiro atoms. The highest BCUT2D eigenvalue weighted by atomic mass is 35.5. The van der Waals surface area contributed by atoms with Gasteiger partial charge in [-0.15, -0.1) is 0 Å². The molecule has 20 heavy (non-hydrogen) atoms. The fourth-order valence-electron chi connectivity index (χ4n) is 2.29. The maximum absolute atomic E-state index is 5.92. The number of nitrogens with zero attached hydrogens (tertiary/aromatic N) is 1. The fourth-order valence-corrected chi connectivity index (χ4v) is 2.41. The second-order valence-electron chi connectivity index (χ2n) is 4.80. The third-order valence-corrected chi connectivity index (χ3v) is 3.63. The summed E-state index contributed by atoms with van der Waals surface area (Å²) in [5.41, 5.74) is 3.24. The third-order valence-electron chi connectivity index (χ3n) is 3.37. The first-order valence-electron chi connectivity index (χ1n) is 6.60. The number of rotatable bonds is 3. The Morgan fingerprint density at radius 1 is 1.00 bits per heavy atom. The van der Waals surface area contributed by atoms with Crippen LogP contribution in [0.5, 0.6) is 0 Å². The van der Waals surface area contributed by atoms with E-state index in [1.165, 1.54) is 5.56 Å². The van der Waals surface area contributed by atoms with Crippen LogP contribution in [-0.4, -0.2) is 4.98 Å². The molecule has 3 rings (SSSR count). The van der Waals surface area contributed by atoms with Gasteiger partial charge in [0.2, 0.25) is 0 Å². The van der Waals surface area contributed by atoms with Crippen molar-refractivity contribution < 1.29 is 0 Å². The molecule has 0 radical (unpaired) electrons. The quantitative estimate of drug-likeness (QED) is 0.726. The number of hydrogen-bond acceptors (Lipinski definition) is 2. The summed E-state index contributed by atoms with van der Waals surface area (Å²) in [5.74, 6) is 0. The van der Waals surface area contributed by atoms with E-state index in [4.69, 9.17) is 11.6 Å². The van der Waals surface area contributed by atoms with Crippen LogP contribution in [0.3, 0.4) is 0 Å². The largest absolute Gasteiger partial charge is 0.377 e. The van der Waals surface area contributed by atoms with E-state index in [0.717, 1.165) is 21.6 Å². The van der Waals surface area contributed by atoms with Crippen molar-refractivity contribution in [2.24, 2.45) is 0 Å². The van der Waals surface area contributed by atoms with Crippen LogP contribution in [0.1, 0.15) is 18.5 Å². The first-order valence-corrected chi connectivity index (χ1v) is 6.97. The Labute approximate surface area is 123 Å². The van der Waals surface area contributed by atoms with Crippen LogP contribution in [0, 0.1) is 0 Å². The molecule has 0 bridgehead atoms. The van der Waals surface area contributed by atoms with Crippen molar-refractivity contribution in [3.8, 4) is 0 Å². The van der Waals surface area contributed by atoms with Crippen LogP contribution in [0.4, 0.5) is 5.69 Å². The summed E-state index contributed by atoms with van der Waals surface area (Å²) >= 11 is 5.92. The summed E-state index contributed by atoms with van der Waals surface area (Å²) in [7, 11) is 0. The maximum Gasteiger partial charge on any atom is 0.0933 e. The van der Waals surface area contributed by atoms with Gasteiger partial charge in [-0.25, -0.2) is 0 Å². The zero-order valence-electron chi connectivity index (χ0n) is 11.2. The van der Waals surface area contributed by atoms with Gasteiger partial charge >= 0.3 is 0 Å². The van der Waals surface area contributed by atoms with Crippen molar-refractivity contribution in [1.82, 2.24) is 4.98 Å². The molecule has 0 aliphatic carbocycles. The highest BCUT2D eigenvalue weighted by molar-refractivity contribution is 6.30. The molecule has 3 aromatic rings. The average molecular weight is 283 g/mol. The third kappa shape index (κ3) is 2.61. The van der Waals surface area contributed by atoms with Crippen LogP contribution in [0.15, 0.2) is 60.8 Å². The molecule has 0 aliphatic rings. The summed E-state index contributed by atoms with van der Waals surface area (Å²) in [6, 6.07) is 18.3. The van der Waals surface area contributed by atoms with E-state index >= 15 is 0 Å². The molecule has 3 heteroatoms. The minimum absolute atomic E-state index is 0.194. The molecule has 1 aromatic heterocycles. The van der Waals surface area contributed by atoms with Gasteiger partial charge in [-0.3, -0.25) is 4.98 Å². The minimum Gasteiger partial charge on any atom is -0.377 e. The summed E-state index contributed by atoms with van der Waals surface area (Å²) in [6.45, 7) is 2.13. The lowest BCUT2D eigenvalue weighted by atomic mass is 10.1.